The predicted octanol–water partition coefficient (Wildman–Crippen LogP) is 7.47. The van der Waals surface area contributed by atoms with E-state index in [0.717, 1.165) is 23.2 Å². The van der Waals surface area contributed by atoms with Crippen molar-refractivity contribution >= 4 is 29.1 Å². The fraction of sp³-hybridized carbons (Fsp3) is 0.679. The quantitative estimate of drug-likeness (QED) is 0.102. The number of allylic oxidation sites excluding steroid dienone is 5. The summed E-state index contributed by atoms with van der Waals surface area (Å²) in [5.41, 5.74) is 10.1. The molecule has 1 aliphatic carbocycles. The first-order valence-corrected chi connectivity index (χ1v) is 26.0. The second kappa shape index (κ2) is 26.6. The summed E-state index contributed by atoms with van der Waals surface area (Å²) in [7, 11) is 3.02. The van der Waals surface area contributed by atoms with Crippen molar-refractivity contribution in [3.63, 3.8) is 0 Å². The van der Waals surface area contributed by atoms with Crippen LogP contribution in [-0.2, 0) is 38.1 Å². The van der Waals surface area contributed by atoms with Gasteiger partial charge >= 0.3 is 5.97 Å². The number of ketones is 2. The van der Waals surface area contributed by atoms with E-state index >= 15 is 0 Å². The number of hydrogen-bond donors (Lipinski definition) is 5. The number of piperidine rings is 1. The summed E-state index contributed by atoms with van der Waals surface area (Å²) < 4.78 is 24.0. The molecule has 0 radical (unpaired) electrons. The fourth-order valence-corrected chi connectivity index (χ4v) is 11.0. The number of Topliss-reactive ketones (excluding diaryl/α,β-unsaturated/α-hetero) is 2. The lowest BCUT2D eigenvalue weighted by Crippen LogP contribution is -2.61. The Labute approximate surface area is 417 Å². The van der Waals surface area contributed by atoms with E-state index in [-0.39, 0.29) is 48.6 Å². The van der Waals surface area contributed by atoms with Gasteiger partial charge in [0.05, 0.1) is 18.3 Å². The van der Waals surface area contributed by atoms with Gasteiger partial charge in [0.15, 0.2) is 5.78 Å². The van der Waals surface area contributed by atoms with Gasteiger partial charge in [-0.25, -0.2) is 4.79 Å². The molecule has 1 amide bonds. The van der Waals surface area contributed by atoms with E-state index in [1.165, 1.54) is 12.0 Å². The number of nitrogens with zero attached hydrogens (tertiary/aromatic N) is 1. The average molecular weight is 976 g/mol. The third-order valence-corrected chi connectivity index (χ3v) is 15.5. The van der Waals surface area contributed by atoms with Gasteiger partial charge in [-0.05, 0) is 145 Å². The Morgan fingerprint density at radius 3 is 2.36 bits per heavy atom. The first kappa shape index (κ1) is 56.9. The summed E-state index contributed by atoms with van der Waals surface area (Å²) >= 11 is 0. The van der Waals surface area contributed by atoms with Crippen LogP contribution in [0.15, 0.2) is 71.9 Å². The van der Waals surface area contributed by atoms with Crippen LogP contribution in [0.4, 0.5) is 5.69 Å². The number of benzene rings is 1. The first-order chi connectivity index (χ1) is 33.3. The number of aliphatic hydroxyl groups excluding tert-OH is 2. The van der Waals surface area contributed by atoms with Gasteiger partial charge in [0.2, 0.25) is 5.79 Å². The SMILES string of the molecule is CO[C@@H]1CC(C[C@@H](C)[C@@H]2CC[C@H](N)/C=C(\C)[C@@H](O)[C@@H](OC)C(=O)[C@H](C)C[C@H](C)/C=C/C=C/C=C(\C)C(Nc3cccc(C)c3)C[C@@H]3CC[C@@H](C)[C@@](O)(O3)C(=O)C(=O)N3CCCCC3C(=O)O2)CC[C@H]1O. The summed E-state index contributed by atoms with van der Waals surface area (Å²) in [6, 6.07) is 6.12. The number of esters is 1. The number of anilines is 1. The van der Waals surface area contributed by atoms with Gasteiger partial charge in [-0.2, -0.15) is 0 Å². The van der Waals surface area contributed by atoms with Gasteiger partial charge in [-0.15, -0.1) is 0 Å². The molecule has 14 heteroatoms. The van der Waals surface area contributed by atoms with Gasteiger partial charge in [0.25, 0.3) is 11.7 Å². The number of nitrogens with one attached hydrogen (secondary N) is 1. The van der Waals surface area contributed by atoms with Crippen LogP contribution in [0.25, 0.3) is 0 Å². The number of nitrogens with two attached hydrogens (primary N) is 1. The Morgan fingerprint density at radius 1 is 0.886 bits per heavy atom. The van der Waals surface area contributed by atoms with Crippen LogP contribution in [-0.4, -0.2) is 125 Å². The predicted molar refractivity (Wildman–Crippen MR) is 271 cm³/mol. The Morgan fingerprint density at radius 2 is 1.64 bits per heavy atom. The zero-order valence-corrected chi connectivity index (χ0v) is 43.4. The van der Waals surface area contributed by atoms with Gasteiger partial charge in [-0.1, -0.05) is 81.9 Å². The Hall–Kier alpha value is -4.02. The van der Waals surface area contributed by atoms with E-state index in [1.54, 1.807) is 27.0 Å². The lowest BCUT2D eigenvalue weighted by molar-refractivity contribution is -0.263. The lowest BCUT2D eigenvalue weighted by atomic mass is 9.78. The third-order valence-electron chi connectivity index (χ3n) is 15.5. The molecule has 0 spiro atoms. The number of carbonyl (C=O) groups is 4. The highest BCUT2D eigenvalue weighted by Gasteiger charge is 2.53. The van der Waals surface area contributed by atoms with Gasteiger partial charge in [0, 0.05) is 50.4 Å². The normalized spacial score (nSPS) is 38.2. The molecule has 3 unspecified atom stereocenters. The summed E-state index contributed by atoms with van der Waals surface area (Å²) in [5.74, 6) is -6.34. The number of ether oxygens (including phenoxy) is 4. The van der Waals surface area contributed by atoms with Gasteiger partial charge < -0.3 is 50.2 Å². The minimum absolute atomic E-state index is 0.0376. The number of carbonyl (C=O) groups excluding carboxylic acids is 4. The van der Waals surface area contributed by atoms with Crippen molar-refractivity contribution in [2.45, 2.75) is 192 Å². The number of rotatable bonds is 7. The zero-order chi connectivity index (χ0) is 51.3. The van der Waals surface area contributed by atoms with Crippen LogP contribution in [0.1, 0.15) is 131 Å². The monoisotopic (exact) mass is 976 g/mol. The van der Waals surface area contributed by atoms with E-state index in [2.05, 4.69) is 5.32 Å². The highest BCUT2D eigenvalue weighted by molar-refractivity contribution is 6.39. The molecule has 390 valence electrons. The molecule has 2 saturated heterocycles. The molecule has 5 rings (SSSR count). The van der Waals surface area contributed by atoms with Gasteiger partial charge in [-0.3, -0.25) is 14.4 Å². The largest absolute Gasteiger partial charge is 0.461 e. The lowest BCUT2D eigenvalue weighted by Gasteiger charge is -2.43. The number of aryl methyl sites for hydroxylation is 1. The van der Waals surface area contributed by atoms with Crippen molar-refractivity contribution in [1.82, 2.24) is 4.90 Å². The van der Waals surface area contributed by atoms with E-state index in [4.69, 9.17) is 24.7 Å². The Kier molecular flexibility index (Phi) is 21.6. The number of cyclic esters (lactones) is 1. The summed E-state index contributed by atoms with van der Waals surface area (Å²) in [5, 5.41) is 37.8. The molecule has 70 heavy (non-hydrogen) atoms. The summed E-state index contributed by atoms with van der Waals surface area (Å²) in [6.07, 6.45) is 14.0. The van der Waals surface area contributed by atoms with E-state index < -0.39 is 77.9 Å². The van der Waals surface area contributed by atoms with E-state index in [1.807, 2.05) is 89.3 Å². The van der Waals surface area contributed by atoms with Crippen molar-refractivity contribution < 1.29 is 53.4 Å². The minimum atomic E-state index is -2.41. The molecule has 3 aliphatic heterocycles. The summed E-state index contributed by atoms with van der Waals surface area (Å²) in [6.45, 7) is 13.5. The smallest absolute Gasteiger partial charge is 0.329 e. The van der Waals surface area contributed by atoms with Crippen molar-refractivity contribution in [3.8, 4) is 0 Å². The number of hydrogen-bond acceptors (Lipinski definition) is 13. The van der Waals surface area contributed by atoms with Crippen LogP contribution >= 0.6 is 0 Å². The molecule has 1 aromatic carbocycles. The number of aliphatic hydroxyl groups is 3. The highest BCUT2D eigenvalue weighted by atomic mass is 16.6. The Bertz CT molecular complexity index is 2040. The fourth-order valence-electron chi connectivity index (χ4n) is 11.0. The van der Waals surface area contributed by atoms with Crippen LogP contribution in [0.2, 0.25) is 0 Å². The molecule has 6 N–H and O–H groups in total. The number of fused-ring (bicyclic) bond motifs is 3. The molecule has 1 saturated carbocycles. The topological polar surface area (TPSA) is 207 Å². The Balaban J connectivity index is 1.48. The van der Waals surface area contributed by atoms with Crippen LogP contribution in [0.3, 0.4) is 0 Å². The molecule has 1 aromatic rings. The maximum Gasteiger partial charge on any atom is 0.329 e. The maximum absolute atomic E-state index is 14.5. The zero-order valence-electron chi connectivity index (χ0n) is 43.4. The highest BCUT2D eigenvalue weighted by Crippen LogP contribution is 2.38. The molecular formula is C56H85N3O11. The standard InChI is InChI=1S/C56H85N3O11/c1-34-16-11-10-12-18-36(3)45(58-43-19-15-17-35(2)29-43)33-44-24-21-40(7)56(66,70-44)53(63)54(64)59-27-14-13-20-46(59)55(65)69-48(37(4)30-41-22-25-47(60)49(32-41)67-8)26-23-42(57)31-39(6)51(62)52(68-9)50(61)38(5)28-34/h10-12,15-19,29,31,34,37-38,40-42,44-49,51-52,58,60,62,66H,13-14,20-28,30,32-33,57H2,1-9H3/b12-10+,16-11+,36-18+,39-31+/t34-,37-,38-,40-,41?,42+,44+,45?,46?,47-,48+,49-,51-,52+,56-/m1/s1. The van der Waals surface area contributed by atoms with Crippen molar-refractivity contribution in [3.05, 3.63) is 77.4 Å². The van der Waals surface area contributed by atoms with Gasteiger partial charge in [0.1, 0.15) is 24.4 Å². The van der Waals surface area contributed by atoms with Crippen molar-refractivity contribution in [2.75, 3.05) is 26.1 Å². The van der Waals surface area contributed by atoms with Crippen molar-refractivity contribution in [1.29, 1.82) is 0 Å². The van der Waals surface area contributed by atoms with E-state index in [0.29, 0.717) is 76.2 Å². The van der Waals surface area contributed by atoms with Crippen LogP contribution in [0, 0.1) is 36.5 Å². The minimum Gasteiger partial charge on any atom is -0.461 e. The molecule has 4 aliphatic rings. The number of methoxy groups -OCH3 is 2. The molecule has 3 heterocycles. The van der Waals surface area contributed by atoms with Crippen LogP contribution in [0.5, 0.6) is 0 Å². The maximum atomic E-state index is 14.5. The third kappa shape index (κ3) is 15.3. The molecule has 15 atom stereocenters. The second-order valence-electron chi connectivity index (χ2n) is 21.2. The molecular weight excluding hydrogens is 891 g/mol. The average Bonchev–Trinajstić information content (AvgIpc) is 3.33. The first-order valence-electron chi connectivity index (χ1n) is 26.0. The molecule has 3 fully saturated rings. The molecule has 0 aromatic heterocycles. The van der Waals surface area contributed by atoms with E-state index in [9.17, 15) is 34.5 Å². The second-order valence-corrected chi connectivity index (χ2v) is 21.2. The van der Waals surface area contributed by atoms with Crippen molar-refractivity contribution in [2.24, 2.45) is 35.3 Å². The molecule has 14 nitrogen and oxygen atoms in total. The van der Waals surface area contributed by atoms with Crippen LogP contribution < -0.4 is 11.1 Å². The molecule has 2 bridgehead atoms. The number of amides is 1. The summed E-state index contributed by atoms with van der Waals surface area (Å²) in [4.78, 5) is 58.4.